The maximum Gasteiger partial charge on any atom is 0.224 e. The first-order valence-electron chi connectivity index (χ1n) is 11.2. The Balaban J connectivity index is 1.26. The number of anilines is 1. The van der Waals surface area contributed by atoms with Gasteiger partial charge in [-0.3, -0.25) is 9.59 Å². The Morgan fingerprint density at radius 1 is 1.07 bits per heavy atom. The second kappa shape index (κ2) is 8.19. The summed E-state index contributed by atoms with van der Waals surface area (Å²) in [6.45, 7) is 0.594. The van der Waals surface area contributed by atoms with Gasteiger partial charge >= 0.3 is 0 Å². The Bertz CT molecular complexity index is 820. The lowest BCUT2D eigenvalue weighted by atomic mass is 9.84. The van der Waals surface area contributed by atoms with Crippen molar-refractivity contribution in [2.24, 2.45) is 11.8 Å². The fourth-order valence-electron chi connectivity index (χ4n) is 4.62. The van der Waals surface area contributed by atoms with Crippen molar-refractivity contribution in [3.63, 3.8) is 0 Å². The molecule has 0 bridgehead atoms. The van der Waals surface area contributed by atoms with Gasteiger partial charge in [0, 0.05) is 30.1 Å². The van der Waals surface area contributed by atoms with E-state index in [2.05, 4.69) is 10.6 Å². The molecule has 0 unspecified atom stereocenters. The average molecular weight is 415 g/mol. The van der Waals surface area contributed by atoms with Gasteiger partial charge in [-0.15, -0.1) is 0 Å². The van der Waals surface area contributed by atoms with Crippen molar-refractivity contribution in [1.29, 1.82) is 0 Å². The molecule has 7 heteroatoms. The third kappa shape index (κ3) is 4.47. The van der Waals surface area contributed by atoms with E-state index in [1.54, 1.807) is 0 Å². The van der Waals surface area contributed by atoms with Crippen LogP contribution in [0.1, 0.15) is 56.4 Å². The van der Waals surface area contributed by atoms with Gasteiger partial charge in [-0.1, -0.05) is 0 Å². The van der Waals surface area contributed by atoms with Crippen LogP contribution in [0.2, 0.25) is 0 Å². The molecule has 4 atom stereocenters. The third-order valence-electron chi connectivity index (χ3n) is 6.65. The normalized spacial score (nSPS) is 29.5. The second-order valence-electron chi connectivity index (χ2n) is 9.30. The largest absolute Gasteiger partial charge is 0.487 e. The van der Waals surface area contributed by atoms with E-state index in [9.17, 15) is 14.7 Å². The first-order valence-corrected chi connectivity index (χ1v) is 11.2. The number of hydrogen-bond acceptors (Lipinski definition) is 5. The molecule has 2 heterocycles. The quantitative estimate of drug-likeness (QED) is 0.607. The predicted octanol–water partition coefficient (Wildman–Crippen LogP) is 2.34. The van der Waals surface area contributed by atoms with Gasteiger partial charge in [-0.25, -0.2) is 0 Å². The van der Waals surface area contributed by atoms with Gasteiger partial charge < -0.3 is 25.2 Å². The van der Waals surface area contributed by atoms with E-state index in [0.717, 1.165) is 36.4 Å². The maximum absolute atomic E-state index is 12.3. The standard InChI is InChI=1S/C23H30N2O5/c26-12-20-23-18(9-16(29-20)10-21(27)24-11-14-3-4-14)17-8-15(5-6-19(17)30-23)25-22(28)7-13-1-2-13/h5-6,8,13-14,16,18,20,23,26H,1-4,7,9-12H2,(H,24,27)(H,25,28)/t16-,18-,20-,23+/m1/s1. The van der Waals surface area contributed by atoms with Crippen molar-refractivity contribution in [2.75, 3.05) is 18.5 Å². The number of aliphatic hydroxyl groups excluding tert-OH is 1. The van der Waals surface area contributed by atoms with Crippen LogP contribution in [0.15, 0.2) is 18.2 Å². The lowest BCUT2D eigenvalue weighted by Gasteiger charge is -2.37. The Morgan fingerprint density at radius 2 is 1.87 bits per heavy atom. The van der Waals surface area contributed by atoms with Gasteiger partial charge in [-0.05, 0) is 62.1 Å². The van der Waals surface area contributed by atoms with Gasteiger partial charge in [0.05, 0.1) is 19.1 Å². The van der Waals surface area contributed by atoms with E-state index >= 15 is 0 Å². The number of rotatable bonds is 8. The number of aliphatic hydroxyl groups is 1. The Hall–Kier alpha value is -2.12. The summed E-state index contributed by atoms with van der Waals surface area (Å²) in [5.41, 5.74) is 1.80. The summed E-state index contributed by atoms with van der Waals surface area (Å²) in [5, 5.41) is 15.8. The molecule has 2 aliphatic carbocycles. The molecule has 3 fully saturated rings. The van der Waals surface area contributed by atoms with Crippen LogP contribution in [0.25, 0.3) is 0 Å². The molecule has 2 amide bonds. The monoisotopic (exact) mass is 414 g/mol. The molecule has 1 aromatic carbocycles. The van der Waals surface area contributed by atoms with Crippen molar-refractivity contribution >= 4 is 17.5 Å². The summed E-state index contributed by atoms with van der Waals surface area (Å²) in [6.07, 6.45) is 5.22. The molecule has 0 spiro atoms. The number of hydrogen-bond donors (Lipinski definition) is 3. The Labute approximate surface area is 176 Å². The number of benzene rings is 1. The molecule has 3 N–H and O–H groups in total. The first kappa shape index (κ1) is 19.8. The first-order chi connectivity index (χ1) is 14.6. The molecule has 0 radical (unpaired) electrons. The molecule has 162 valence electrons. The summed E-state index contributed by atoms with van der Waals surface area (Å²) in [6, 6.07) is 5.72. The topological polar surface area (TPSA) is 96.9 Å². The molecule has 4 aliphatic rings. The average Bonchev–Trinajstić information content (AvgIpc) is 3.65. The lowest BCUT2D eigenvalue weighted by molar-refractivity contribution is -0.142. The molecule has 7 nitrogen and oxygen atoms in total. The van der Waals surface area contributed by atoms with Crippen LogP contribution in [-0.2, 0) is 14.3 Å². The van der Waals surface area contributed by atoms with Crippen LogP contribution in [0, 0.1) is 11.8 Å². The van der Waals surface area contributed by atoms with Gasteiger partial charge in [-0.2, -0.15) is 0 Å². The van der Waals surface area contributed by atoms with E-state index in [0.29, 0.717) is 31.1 Å². The van der Waals surface area contributed by atoms with E-state index in [1.807, 2.05) is 18.2 Å². The number of ether oxygens (including phenoxy) is 2. The molecule has 30 heavy (non-hydrogen) atoms. The van der Waals surface area contributed by atoms with Crippen LogP contribution in [0.3, 0.4) is 0 Å². The summed E-state index contributed by atoms with van der Waals surface area (Å²) in [7, 11) is 0. The molecule has 5 rings (SSSR count). The van der Waals surface area contributed by atoms with Crippen LogP contribution in [0.5, 0.6) is 5.75 Å². The minimum absolute atomic E-state index is 0.00210. The highest BCUT2D eigenvalue weighted by atomic mass is 16.6. The highest BCUT2D eigenvalue weighted by Gasteiger charge is 2.46. The summed E-state index contributed by atoms with van der Waals surface area (Å²) in [4.78, 5) is 24.5. The summed E-state index contributed by atoms with van der Waals surface area (Å²) < 4.78 is 12.1. The lowest BCUT2D eigenvalue weighted by Crippen LogP contribution is -2.47. The van der Waals surface area contributed by atoms with E-state index in [4.69, 9.17) is 9.47 Å². The third-order valence-corrected chi connectivity index (χ3v) is 6.65. The maximum atomic E-state index is 12.3. The van der Waals surface area contributed by atoms with E-state index < -0.39 is 6.10 Å². The zero-order valence-corrected chi connectivity index (χ0v) is 17.1. The number of amides is 2. The molecular formula is C23H30N2O5. The van der Waals surface area contributed by atoms with E-state index in [1.165, 1.54) is 12.8 Å². The molecule has 2 saturated carbocycles. The number of nitrogens with one attached hydrogen (secondary N) is 2. The Morgan fingerprint density at radius 3 is 2.60 bits per heavy atom. The smallest absolute Gasteiger partial charge is 0.224 e. The predicted molar refractivity (Wildman–Crippen MR) is 110 cm³/mol. The molecule has 1 aromatic rings. The van der Waals surface area contributed by atoms with Crippen molar-refractivity contribution < 1.29 is 24.2 Å². The molecule has 1 saturated heterocycles. The van der Waals surface area contributed by atoms with Gasteiger partial charge in [0.15, 0.2) is 0 Å². The SMILES string of the molecule is O=C(C[C@H]1C[C@@H]2c3cc(NC(=O)CC4CC4)ccc3O[C@@H]2[C@@H](CO)O1)NCC1CC1. The number of carbonyl (C=O) groups excluding carboxylic acids is 2. The van der Waals surface area contributed by atoms with Crippen molar-refractivity contribution in [3.8, 4) is 5.75 Å². The molecular weight excluding hydrogens is 384 g/mol. The van der Waals surface area contributed by atoms with Crippen molar-refractivity contribution in [3.05, 3.63) is 23.8 Å². The minimum Gasteiger partial charge on any atom is -0.487 e. The van der Waals surface area contributed by atoms with Crippen LogP contribution in [-0.4, -0.2) is 48.4 Å². The fraction of sp³-hybridized carbons (Fsp3) is 0.652. The fourth-order valence-corrected chi connectivity index (χ4v) is 4.62. The number of carbonyl (C=O) groups is 2. The molecule has 0 aromatic heterocycles. The summed E-state index contributed by atoms with van der Waals surface area (Å²) in [5.74, 6) is 2.04. The van der Waals surface area contributed by atoms with Crippen LogP contribution < -0.4 is 15.4 Å². The Kier molecular flexibility index (Phi) is 5.41. The van der Waals surface area contributed by atoms with Crippen molar-refractivity contribution in [1.82, 2.24) is 5.32 Å². The van der Waals surface area contributed by atoms with Gasteiger partial charge in [0.2, 0.25) is 11.8 Å². The highest BCUT2D eigenvalue weighted by Crippen LogP contribution is 2.47. The van der Waals surface area contributed by atoms with E-state index in [-0.39, 0.29) is 36.5 Å². The number of fused-ring (bicyclic) bond motifs is 3. The van der Waals surface area contributed by atoms with Crippen LogP contribution >= 0.6 is 0 Å². The van der Waals surface area contributed by atoms with Crippen LogP contribution in [0.4, 0.5) is 5.69 Å². The van der Waals surface area contributed by atoms with Crippen molar-refractivity contribution in [2.45, 2.75) is 69.2 Å². The van der Waals surface area contributed by atoms with Gasteiger partial charge in [0.1, 0.15) is 18.0 Å². The zero-order valence-electron chi connectivity index (χ0n) is 17.1. The van der Waals surface area contributed by atoms with Gasteiger partial charge in [0.25, 0.3) is 0 Å². The summed E-state index contributed by atoms with van der Waals surface area (Å²) >= 11 is 0. The minimum atomic E-state index is -0.467. The molecule has 2 aliphatic heterocycles. The second-order valence-corrected chi connectivity index (χ2v) is 9.30. The zero-order chi connectivity index (χ0) is 20.7. The highest BCUT2D eigenvalue weighted by molar-refractivity contribution is 5.91.